The number of aliphatic hydroxyl groups is 4. The fraction of sp³-hybridized carbons (Fsp3) is 0.353. The van der Waals surface area contributed by atoms with Crippen molar-refractivity contribution in [3.05, 3.63) is 69.3 Å². The van der Waals surface area contributed by atoms with E-state index in [1.807, 2.05) is 30.3 Å². The first-order chi connectivity index (χ1) is 11.0. The highest BCUT2D eigenvalue weighted by Gasteiger charge is 2.43. The lowest BCUT2D eigenvalue weighted by Crippen LogP contribution is -2.44. The summed E-state index contributed by atoms with van der Waals surface area (Å²) >= 11 is 0. The van der Waals surface area contributed by atoms with Crippen LogP contribution < -0.4 is 5.43 Å². The molecule has 23 heavy (non-hydrogen) atoms. The van der Waals surface area contributed by atoms with E-state index in [4.69, 9.17) is 4.42 Å². The molecule has 1 aromatic heterocycles. The Kier molecular flexibility index (Phi) is 4.32. The maximum atomic E-state index is 12.2. The van der Waals surface area contributed by atoms with Crippen LogP contribution in [0.2, 0.25) is 0 Å². The third-order valence-electron chi connectivity index (χ3n) is 4.13. The van der Waals surface area contributed by atoms with Crippen molar-refractivity contribution in [1.29, 1.82) is 0 Å². The Hall–Kier alpha value is -1.99. The molecule has 1 aromatic carbocycles. The lowest BCUT2D eigenvalue weighted by atomic mass is 9.87. The lowest BCUT2D eigenvalue weighted by Gasteiger charge is -2.32. The molecule has 6 heteroatoms. The number of fused-ring (bicyclic) bond motifs is 1. The van der Waals surface area contributed by atoms with Crippen LogP contribution in [0.4, 0.5) is 0 Å². The lowest BCUT2D eigenvalue weighted by molar-refractivity contribution is -0.128. The van der Waals surface area contributed by atoms with E-state index >= 15 is 0 Å². The van der Waals surface area contributed by atoms with Gasteiger partial charge < -0.3 is 24.8 Å². The summed E-state index contributed by atoms with van der Waals surface area (Å²) in [6.07, 6.45) is -5.28. The number of hydrogen-bond acceptors (Lipinski definition) is 6. The molecule has 122 valence electrons. The van der Waals surface area contributed by atoms with Gasteiger partial charge in [-0.05, 0) is 12.0 Å². The monoisotopic (exact) mass is 318 g/mol. The van der Waals surface area contributed by atoms with Crippen LogP contribution in [0.15, 0.2) is 45.6 Å². The van der Waals surface area contributed by atoms with Crippen molar-refractivity contribution >= 4 is 0 Å². The molecule has 0 spiro atoms. The van der Waals surface area contributed by atoms with E-state index < -0.39 is 29.8 Å². The Morgan fingerprint density at radius 2 is 1.57 bits per heavy atom. The molecule has 1 aliphatic carbocycles. The first-order valence-corrected chi connectivity index (χ1v) is 7.42. The Balaban J connectivity index is 1.91. The summed E-state index contributed by atoms with van der Waals surface area (Å²) in [6.45, 7) is 0. The fourth-order valence-corrected chi connectivity index (χ4v) is 2.82. The molecule has 0 saturated heterocycles. The van der Waals surface area contributed by atoms with Gasteiger partial charge in [0.2, 0.25) is 0 Å². The fourth-order valence-electron chi connectivity index (χ4n) is 2.82. The number of rotatable bonds is 3. The molecule has 0 radical (unpaired) electrons. The quantitative estimate of drug-likeness (QED) is 0.644. The molecule has 0 saturated carbocycles. The highest BCUT2D eigenvalue weighted by molar-refractivity contribution is 5.29. The second-order valence-corrected chi connectivity index (χ2v) is 5.71. The van der Waals surface area contributed by atoms with Crippen molar-refractivity contribution < 1.29 is 24.8 Å². The van der Waals surface area contributed by atoms with E-state index in [2.05, 4.69) is 0 Å². The van der Waals surface area contributed by atoms with Gasteiger partial charge in [-0.3, -0.25) is 4.79 Å². The predicted octanol–water partition coefficient (Wildman–Crippen LogP) is 0.227. The van der Waals surface area contributed by atoms with Crippen molar-refractivity contribution in [2.24, 2.45) is 0 Å². The largest absolute Gasteiger partial charge is 0.463 e. The third-order valence-corrected chi connectivity index (χ3v) is 4.13. The number of aliphatic hydroxyl groups excluding tert-OH is 4. The molecule has 6 nitrogen and oxygen atoms in total. The van der Waals surface area contributed by atoms with Crippen molar-refractivity contribution in [2.45, 2.75) is 37.3 Å². The molecule has 3 rings (SSSR count). The van der Waals surface area contributed by atoms with Gasteiger partial charge in [0.15, 0.2) is 5.43 Å². The van der Waals surface area contributed by atoms with E-state index in [1.165, 1.54) is 6.07 Å². The summed E-state index contributed by atoms with van der Waals surface area (Å²) in [5.41, 5.74) is 0.356. The minimum atomic E-state index is -1.63. The van der Waals surface area contributed by atoms with Gasteiger partial charge in [-0.25, -0.2) is 0 Å². The van der Waals surface area contributed by atoms with Crippen LogP contribution in [0.3, 0.4) is 0 Å². The van der Waals surface area contributed by atoms with E-state index in [9.17, 15) is 25.2 Å². The molecule has 0 bridgehead atoms. The van der Waals surface area contributed by atoms with Crippen LogP contribution in [-0.2, 0) is 12.8 Å². The summed E-state index contributed by atoms with van der Waals surface area (Å²) in [5, 5.41) is 39.3. The summed E-state index contributed by atoms with van der Waals surface area (Å²) in [5.74, 6) is 0.179. The molecule has 2 aromatic rings. The summed E-state index contributed by atoms with van der Waals surface area (Å²) in [4.78, 5) is 12.2. The van der Waals surface area contributed by atoms with Crippen molar-refractivity contribution in [3.63, 3.8) is 0 Å². The van der Waals surface area contributed by atoms with Gasteiger partial charge in [0.1, 0.15) is 35.9 Å². The highest BCUT2D eigenvalue weighted by atomic mass is 16.4. The SMILES string of the molecule is O=c1cc(CCc2ccccc2)oc2c1C(O)[C@@H](O)[C@@H](O)C2O. The highest BCUT2D eigenvalue weighted by Crippen LogP contribution is 2.35. The number of aryl methyl sites for hydroxylation is 2. The average molecular weight is 318 g/mol. The van der Waals surface area contributed by atoms with Gasteiger partial charge in [0, 0.05) is 12.5 Å². The number of hydrogen-bond donors (Lipinski definition) is 4. The predicted molar refractivity (Wildman–Crippen MR) is 80.8 cm³/mol. The Labute approximate surface area is 132 Å². The van der Waals surface area contributed by atoms with E-state index in [-0.39, 0.29) is 11.3 Å². The Morgan fingerprint density at radius 1 is 0.913 bits per heavy atom. The molecule has 4 N–H and O–H groups in total. The van der Waals surface area contributed by atoms with Gasteiger partial charge >= 0.3 is 0 Å². The van der Waals surface area contributed by atoms with Gasteiger partial charge in [-0.2, -0.15) is 0 Å². The molecule has 4 atom stereocenters. The average Bonchev–Trinajstić information content (AvgIpc) is 2.56. The molecule has 0 aliphatic heterocycles. The maximum Gasteiger partial charge on any atom is 0.191 e. The Bertz CT molecular complexity index is 738. The topological polar surface area (TPSA) is 111 Å². The van der Waals surface area contributed by atoms with Gasteiger partial charge in [0.05, 0.1) is 5.56 Å². The zero-order valence-electron chi connectivity index (χ0n) is 12.3. The van der Waals surface area contributed by atoms with Crippen molar-refractivity contribution in [1.82, 2.24) is 0 Å². The molecular weight excluding hydrogens is 300 g/mol. The first kappa shape index (κ1) is 15.9. The molecule has 2 unspecified atom stereocenters. The van der Waals surface area contributed by atoms with Crippen LogP contribution >= 0.6 is 0 Å². The maximum absolute atomic E-state index is 12.2. The molecule has 1 aliphatic rings. The van der Waals surface area contributed by atoms with Gasteiger partial charge in [-0.1, -0.05) is 30.3 Å². The zero-order chi connectivity index (χ0) is 16.6. The van der Waals surface area contributed by atoms with E-state index in [0.29, 0.717) is 18.6 Å². The molecule has 0 amide bonds. The van der Waals surface area contributed by atoms with Gasteiger partial charge in [0.25, 0.3) is 0 Å². The second kappa shape index (κ2) is 6.25. The molecule has 1 heterocycles. The standard InChI is InChI=1S/C17H18O6/c18-11-8-10(7-6-9-4-2-1-3-5-9)23-17-12(11)13(19)14(20)15(21)16(17)22/h1-5,8,13-16,19-22H,6-7H2/t13?,14-,15-,16?/m1/s1. The minimum absolute atomic E-state index is 0.175. The van der Waals surface area contributed by atoms with Crippen LogP contribution in [0.5, 0.6) is 0 Å². The third kappa shape index (κ3) is 2.94. The first-order valence-electron chi connectivity index (χ1n) is 7.42. The van der Waals surface area contributed by atoms with E-state index in [1.54, 1.807) is 0 Å². The summed E-state index contributed by atoms with van der Waals surface area (Å²) in [6, 6.07) is 10.9. The molecule has 0 fully saturated rings. The summed E-state index contributed by atoms with van der Waals surface area (Å²) in [7, 11) is 0. The second-order valence-electron chi connectivity index (χ2n) is 5.71. The molecular formula is C17H18O6. The van der Waals surface area contributed by atoms with Crippen molar-refractivity contribution in [2.75, 3.05) is 0 Å². The normalized spacial score (nSPS) is 26.8. The minimum Gasteiger partial charge on any atom is -0.463 e. The van der Waals surface area contributed by atoms with Crippen LogP contribution in [-0.4, -0.2) is 32.6 Å². The summed E-state index contributed by atoms with van der Waals surface area (Å²) < 4.78 is 5.52. The number of benzene rings is 1. The van der Waals surface area contributed by atoms with Crippen LogP contribution in [0, 0.1) is 0 Å². The van der Waals surface area contributed by atoms with Gasteiger partial charge in [-0.15, -0.1) is 0 Å². The van der Waals surface area contributed by atoms with Crippen LogP contribution in [0.25, 0.3) is 0 Å². The van der Waals surface area contributed by atoms with Crippen LogP contribution in [0.1, 0.15) is 34.9 Å². The van der Waals surface area contributed by atoms with E-state index in [0.717, 1.165) is 5.56 Å². The Morgan fingerprint density at radius 3 is 2.26 bits per heavy atom. The zero-order valence-corrected chi connectivity index (χ0v) is 12.3. The van der Waals surface area contributed by atoms with Crippen molar-refractivity contribution in [3.8, 4) is 0 Å². The smallest absolute Gasteiger partial charge is 0.191 e.